The third kappa shape index (κ3) is 1.93. The number of fused-ring (bicyclic) bond motifs is 2. The molecular weight excluding hydrogens is 290 g/mol. The van der Waals surface area contributed by atoms with Gasteiger partial charge in [-0.3, -0.25) is 0 Å². The van der Waals surface area contributed by atoms with Gasteiger partial charge in [0, 0.05) is 12.0 Å². The summed E-state index contributed by atoms with van der Waals surface area (Å²) in [6.07, 6.45) is 0.663. The van der Waals surface area contributed by atoms with Crippen molar-refractivity contribution in [3.63, 3.8) is 0 Å². The van der Waals surface area contributed by atoms with Crippen LogP contribution in [0.25, 0.3) is 15.9 Å². The van der Waals surface area contributed by atoms with Crippen molar-refractivity contribution in [2.45, 2.75) is 13.0 Å². The van der Waals surface area contributed by atoms with E-state index in [2.05, 4.69) is 10.1 Å². The zero-order valence-electron chi connectivity index (χ0n) is 10.9. The number of aromatic nitrogens is 3. The summed E-state index contributed by atoms with van der Waals surface area (Å²) >= 11 is 1.55. The number of rotatable bonds is 2. The molecule has 0 bridgehead atoms. The maximum Gasteiger partial charge on any atom is 0.356 e. The fraction of sp³-hybridized carbons (Fsp3) is 0.214. The first-order valence-corrected chi connectivity index (χ1v) is 7.37. The standard InChI is InChI=1S/C14H11N3O3S/c18-14(19)13-9-6-20-4-3-11(9)17(16-13)8-1-2-10-12(5-8)21-7-15-10/h1-2,5,7H,3-4,6H2,(H,18,19). The number of hydrogen-bond acceptors (Lipinski definition) is 5. The van der Waals surface area contributed by atoms with Crippen LogP contribution in [0, 0.1) is 0 Å². The molecule has 0 amide bonds. The molecule has 7 heteroatoms. The number of carboxylic acids is 1. The minimum atomic E-state index is -1.02. The van der Waals surface area contributed by atoms with Crippen LogP contribution in [0.5, 0.6) is 0 Å². The molecule has 0 radical (unpaired) electrons. The Morgan fingerprint density at radius 1 is 1.43 bits per heavy atom. The van der Waals surface area contributed by atoms with E-state index in [0.29, 0.717) is 25.2 Å². The fourth-order valence-electron chi connectivity index (χ4n) is 2.60. The molecule has 4 rings (SSSR count). The molecule has 1 N–H and O–H groups in total. The molecule has 0 atom stereocenters. The Kier molecular flexibility index (Phi) is 2.76. The largest absolute Gasteiger partial charge is 0.476 e. The second-order valence-electron chi connectivity index (χ2n) is 4.80. The number of benzene rings is 1. The summed E-state index contributed by atoms with van der Waals surface area (Å²) in [5, 5.41) is 13.6. The Morgan fingerprint density at radius 3 is 3.19 bits per heavy atom. The highest BCUT2D eigenvalue weighted by Gasteiger charge is 2.25. The highest BCUT2D eigenvalue weighted by Crippen LogP contribution is 2.26. The van der Waals surface area contributed by atoms with E-state index < -0.39 is 5.97 Å². The van der Waals surface area contributed by atoms with E-state index in [1.807, 2.05) is 18.2 Å². The molecule has 0 fully saturated rings. The summed E-state index contributed by atoms with van der Waals surface area (Å²) in [5.41, 5.74) is 5.27. The van der Waals surface area contributed by atoms with Crippen molar-refractivity contribution in [1.29, 1.82) is 0 Å². The topological polar surface area (TPSA) is 77.2 Å². The Bertz CT molecular complexity index is 852. The highest BCUT2D eigenvalue weighted by molar-refractivity contribution is 7.16. The third-order valence-corrected chi connectivity index (χ3v) is 4.37. The third-order valence-electron chi connectivity index (χ3n) is 3.58. The SMILES string of the molecule is O=C(O)c1nn(-c2ccc3ncsc3c2)c2c1COCC2. The molecule has 1 aliphatic rings. The van der Waals surface area contributed by atoms with Crippen LogP contribution in [-0.4, -0.2) is 32.4 Å². The molecule has 0 saturated carbocycles. The van der Waals surface area contributed by atoms with Crippen LogP contribution in [0.3, 0.4) is 0 Å². The summed E-state index contributed by atoms with van der Waals surface area (Å²) in [4.78, 5) is 15.6. The maximum absolute atomic E-state index is 11.3. The fourth-order valence-corrected chi connectivity index (χ4v) is 3.31. The van der Waals surface area contributed by atoms with Gasteiger partial charge in [-0.1, -0.05) is 0 Å². The van der Waals surface area contributed by atoms with Crippen molar-refractivity contribution in [2.75, 3.05) is 6.61 Å². The van der Waals surface area contributed by atoms with E-state index in [-0.39, 0.29) is 5.69 Å². The molecule has 6 nitrogen and oxygen atoms in total. The lowest BCUT2D eigenvalue weighted by Crippen LogP contribution is -2.13. The average molecular weight is 301 g/mol. The van der Waals surface area contributed by atoms with Crippen LogP contribution in [0.15, 0.2) is 23.7 Å². The smallest absolute Gasteiger partial charge is 0.356 e. The van der Waals surface area contributed by atoms with E-state index in [9.17, 15) is 9.90 Å². The van der Waals surface area contributed by atoms with Crippen molar-refractivity contribution < 1.29 is 14.6 Å². The van der Waals surface area contributed by atoms with Crippen LogP contribution >= 0.6 is 11.3 Å². The number of hydrogen-bond donors (Lipinski definition) is 1. The number of carbonyl (C=O) groups is 1. The zero-order chi connectivity index (χ0) is 14.4. The van der Waals surface area contributed by atoms with Gasteiger partial charge in [0.15, 0.2) is 5.69 Å². The molecule has 0 unspecified atom stereocenters. The molecule has 21 heavy (non-hydrogen) atoms. The van der Waals surface area contributed by atoms with Gasteiger partial charge in [-0.2, -0.15) is 5.10 Å². The van der Waals surface area contributed by atoms with E-state index in [1.165, 1.54) is 0 Å². The van der Waals surface area contributed by atoms with Crippen molar-refractivity contribution in [1.82, 2.24) is 14.8 Å². The Morgan fingerprint density at radius 2 is 2.33 bits per heavy atom. The molecule has 2 aromatic heterocycles. The maximum atomic E-state index is 11.3. The van der Waals surface area contributed by atoms with Crippen LogP contribution in [0.1, 0.15) is 21.7 Å². The van der Waals surface area contributed by atoms with Crippen LogP contribution < -0.4 is 0 Å². The van der Waals surface area contributed by atoms with Gasteiger partial charge in [-0.05, 0) is 18.2 Å². The lowest BCUT2D eigenvalue weighted by Gasteiger charge is -2.14. The summed E-state index contributed by atoms with van der Waals surface area (Å²) < 4.78 is 8.15. The first-order chi connectivity index (χ1) is 10.2. The monoisotopic (exact) mass is 301 g/mol. The second-order valence-corrected chi connectivity index (χ2v) is 5.68. The van der Waals surface area contributed by atoms with Gasteiger partial charge in [0.25, 0.3) is 0 Å². The molecule has 0 aliphatic carbocycles. The second kappa shape index (κ2) is 4.64. The summed E-state index contributed by atoms with van der Waals surface area (Å²) in [7, 11) is 0. The molecular formula is C14H11N3O3S. The Hall–Kier alpha value is -2.25. The normalized spacial score (nSPS) is 14.3. The van der Waals surface area contributed by atoms with Gasteiger partial charge in [0.1, 0.15) is 0 Å². The molecule has 1 aromatic carbocycles. The van der Waals surface area contributed by atoms with Crippen molar-refractivity contribution in [3.05, 3.63) is 40.7 Å². The molecule has 3 aromatic rings. The molecule has 106 valence electrons. The number of aromatic carboxylic acids is 1. The van der Waals surface area contributed by atoms with Crippen molar-refractivity contribution >= 4 is 27.5 Å². The van der Waals surface area contributed by atoms with E-state index >= 15 is 0 Å². The minimum Gasteiger partial charge on any atom is -0.476 e. The molecule has 0 saturated heterocycles. The number of carboxylic acid groups (broad SMARTS) is 1. The van der Waals surface area contributed by atoms with E-state index in [4.69, 9.17) is 4.74 Å². The first-order valence-electron chi connectivity index (χ1n) is 6.49. The lowest BCUT2D eigenvalue weighted by atomic mass is 10.1. The van der Waals surface area contributed by atoms with Gasteiger partial charge in [-0.15, -0.1) is 11.3 Å². The Labute approximate surface area is 123 Å². The van der Waals surface area contributed by atoms with Crippen molar-refractivity contribution in [2.24, 2.45) is 0 Å². The quantitative estimate of drug-likeness (QED) is 0.785. The average Bonchev–Trinajstić information content (AvgIpc) is 3.10. The van der Waals surface area contributed by atoms with Crippen molar-refractivity contribution in [3.8, 4) is 5.69 Å². The highest BCUT2D eigenvalue weighted by atomic mass is 32.1. The Balaban J connectivity index is 1.92. The van der Waals surface area contributed by atoms with E-state index in [0.717, 1.165) is 21.6 Å². The first kappa shape index (κ1) is 12.5. The van der Waals surface area contributed by atoms with Crippen LogP contribution in [0.4, 0.5) is 0 Å². The van der Waals surface area contributed by atoms with Gasteiger partial charge in [-0.25, -0.2) is 14.5 Å². The predicted molar refractivity (Wildman–Crippen MR) is 77.1 cm³/mol. The number of thiazole rings is 1. The van der Waals surface area contributed by atoms with E-state index in [1.54, 1.807) is 21.5 Å². The van der Waals surface area contributed by atoms with Crippen LogP contribution in [-0.2, 0) is 17.8 Å². The zero-order valence-corrected chi connectivity index (χ0v) is 11.8. The van der Waals surface area contributed by atoms with Gasteiger partial charge in [0.05, 0.1) is 40.3 Å². The number of ether oxygens (including phenoxy) is 1. The van der Waals surface area contributed by atoms with Gasteiger partial charge >= 0.3 is 5.97 Å². The van der Waals surface area contributed by atoms with Gasteiger partial charge < -0.3 is 9.84 Å². The molecule has 0 spiro atoms. The lowest BCUT2D eigenvalue weighted by molar-refractivity contribution is 0.0677. The minimum absolute atomic E-state index is 0.0779. The molecule has 3 heterocycles. The van der Waals surface area contributed by atoms with Gasteiger partial charge in [0.2, 0.25) is 0 Å². The molecule has 1 aliphatic heterocycles. The predicted octanol–water partition coefficient (Wildman–Crippen LogP) is 2.25. The summed E-state index contributed by atoms with van der Waals surface area (Å²) in [5.74, 6) is -1.02. The number of nitrogens with zero attached hydrogens (tertiary/aromatic N) is 3. The summed E-state index contributed by atoms with van der Waals surface area (Å²) in [6, 6.07) is 5.83. The summed E-state index contributed by atoms with van der Waals surface area (Å²) in [6.45, 7) is 0.889. The van der Waals surface area contributed by atoms with Crippen LogP contribution in [0.2, 0.25) is 0 Å².